The van der Waals surface area contributed by atoms with Crippen molar-refractivity contribution in [1.29, 1.82) is 0 Å². The molecule has 0 aliphatic carbocycles. The molecule has 2 aromatic rings. The average molecular weight is 413 g/mol. The van der Waals surface area contributed by atoms with Crippen LogP contribution < -0.4 is 4.72 Å². The Morgan fingerprint density at radius 1 is 1.11 bits per heavy atom. The van der Waals surface area contributed by atoms with Crippen molar-refractivity contribution in [2.75, 3.05) is 0 Å². The van der Waals surface area contributed by atoms with Gasteiger partial charge in [-0.25, -0.2) is 12.8 Å². The summed E-state index contributed by atoms with van der Waals surface area (Å²) in [6.45, 7) is 4.71. The van der Waals surface area contributed by atoms with Crippen LogP contribution in [0.5, 0.6) is 0 Å². The van der Waals surface area contributed by atoms with Crippen molar-refractivity contribution in [2.24, 2.45) is 5.92 Å². The lowest BCUT2D eigenvalue weighted by Crippen LogP contribution is -2.46. The zero-order chi connectivity index (χ0) is 20.2. The van der Waals surface area contributed by atoms with Crippen LogP contribution in [0.2, 0.25) is 0 Å². The highest BCUT2D eigenvalue weighted by atomic mass is 32.2. The van der Waals surface area contributed by atoms with E-state index in [0.717, 1.165) is 23.5 Å². The summed E-state index contributed by atoms with van der Waals surface area (Å²) in [5, 5.41) is 1.61. The minimum atomic E-state index is -3.88. The summed E-state index contributed by atoms with van der Waals surface area (Å²) in [6.07, 6.45) is -1.14. The number of nitrogens with one attached hydrogen (secondary N) is 1. The molecule has 9 heteroatoms. The highest BCUT2D eigenvalue weighted by molar-refractivity contribution is 7.91. The molecule has 0 aliphatic heterocycles. The first kappa shape index (κ1) is 21.2. The second kappa shape index (κ2) is 8.73. The first-order valence-corrected chi connectivity index (χ1v) is 10.5. The number of hydrogen-bond acceptors (Lipinski definition) is 6. The number of esters is 1. The summed E-state index contributed by atoms with van der Waals surface area (Å²) in [6, 6.07) is 6.72. The Hall–Kier alpha value is -2.10. The zero-order valence-electron chi connectivity index (χ0n) is 15.0. The molecule has 6 nitrogen and oxygen atoms in total. The van der Waals surface area contributed by atoms with E-state index in [2.05, 4.69) is 4.72 Å². The number of sulfonamides is 1. The molecule has 27 heavy (non-hydrogen) atoms. The van der Waals surface area contributed by atoms with Gasteiger partial charge in [0.25, 0.3) is 10.0 Å². The summed E-state index contributed by atoms with van der Waals surface area (Å²) in [4.78, 5) is 24.8. The normalized spacial score (nSPS) is 14.0. The molecule has 0 unspecified atom stereocenters. The average Bonchev–Trinajstić information content (AvgIpc) is 3.15. The number of thiophene rings is 1. The number of ether oxygens (including phenoxy) is 1. The van der Waals surface area contributed by atoms with Gasteiger partial charge < -0.3 is 4.74 Å². The van der Waals surface area contributed by atoms with E-state index in [9.17, 15) is 22.4 Å². The lowest BCUT2D eigenvalue weighted by atomic mass is 10.1. The molecule has 2 atom stereocenters. The van der Waals surface area contributed by atoms with Gasteiger partial charge in [-0.05, 0) is 48.6 Å². The minimum Gasteiger partial charge on any atom is -0.453 e. The summed E-state index contributed by atoms with van der Waals surface area (Å²) in [7, 11) is -3.88. The topological polar surface area (TPSA) is 89.5 Å². The van der Waals surface area contributed by atoms with Gasteiger partial charge in [0.15, 0.2) is 6.10 Å². The van der Waals surface area contributed by atoms with Crippen LogP contribution in [0.15, 0.2) is 46.0 Å². The van der Waals surface area contributed by atoms with Gasteiger partial charge in [-0.2, -0.15) is 4.72 Å². The van der Waals surface area contributed by atoms with Gasteiger partial charge in [-0.3, -0.25) is 9.59 Å². The smallest absolute Gasteiger partial charge is 0.325 e. The van der Waals surface area contributed by atoms with Gasteiger partial charge >= 0.3 is 5.97 Å². The fraction of sp³-hybridized carbons (Fsp3) is 0.333. The van der Waals surface area contributed by atoms with E-state index < -0.39 is 45.7 Å². The predicted molar refractivity (Wildman–Crippen MR) is 99.6 cm³/mol. The van der Waals surface area contributed by atoms with Crippen LogP contribution in [-0.2, 0) is 19.6 Å². The quantitative estimate of drug-likeness (QED) is 0.531. The maximum absolute atomic E-state index is 13.0. The number of Topliss-reactive ketones (excluding diaryl/α,β-unsaturated/α-hetero) is 1. The second-order valence-electron chi connectivity index (χ2n) is 6.23. The Morgan fingerprint density at radius 3 is 2.26 bits per heavy atom. The van der Waals surface area contributed by atoms with E-state index in [0.29, 0.717) is 0 Å². The highest BCUT2D eigenvalue weighted by Gasteiger charge is 2.32. The van der Waals surface area contributed by atoms with Crippen LogP contribution in [0.3, 0.4) is 0 Å². The van der Waals surface area contributed by atoms with E-state index in [-0.39, 0.29) is 9.77 Å². The molecule has 1 N–H and O–H groups in total. The molecule has 0 spiro atoms. The molecule has 0 amide bonds. The van der Waals surface area contributed by atoms with E-state index in [1.807, 2.05) is 0 Å². The molecule has 2 rings (SSSR count). The van der Waals surface area contributed by atoms with E-state index in [1.165, 1.54) is 25.1 Å². The lowest BCUT2D eigenvalue weighted by molar-refractivity contribution is -0.149. The lowest BCUT2D eigenvalue weighted by Gasteiger charge is -2.22. The highest BCUT2D eigenvalue weighted by Crippen LogP contribution is 2.18. The molecule has 146 valence electrons. The van der Waals surface area contributed by atoms with Gasteiger partial charge in [0, 0.05) is 5.56 Å². The van der Waals surface area contributed by atoms with Gasteiger partial charge in [0.1, 0.15) is 16.1 Å². The molecule has 0 radical (unpaired) electrons. The van der Waals surface area contributed by atoms with Gasteiger partial charge in [0.2, 0.25) is 5.78 Å². The molecule has 0 bridgehead atoms. The van der Waals surface area contributed by atoms with Crippen molar-refractivity contribution >= 4 is 33.1 Å². The maximum atomic E-state index is 13.0. The molecule has 1 heterocycles. The van der Waals surface area contributed by atoms with Crippen molar-refractivity contribution in [3.05, 3.63) is 53.2 Å². The SMILES string of the molecule is CC(C)[C@H](NS(=O)(=O)c1cccs1)C(=O)O[C@@H](C)C(=O)c1ccc(F)cc1. The third-order valence-corrected chi connectivity index (χ3v) is 6.59. The van der Waals surface area contributed by atoms with Crippen LogP contribution in [0.4, 0.5) is 4.39 Å². The van der Waals surface area contributed by atoms with Crippen LogP contribution in [0.25, 0.3) is 0 Å². The monoisotopic (exact) mass is 413 g/mol. The van der Waals surface area contributed by atoms with Gasteiger partial charge in [-0.15, -0.1) is 11.3 Å². The van der Waals surface area contributed by atoms with Crippen LogP contribution in [0.1, 0.15) is 31.1 Å². The molecule has 1 aromatic heterocycles. The van der Waals surface area contributed by atoms with Crippen LogP contribution >= 0.6 is 11.3 Å². The summed E-state index contributed by atoms with van der Waals surface area (Å²) >= 11 is 1.03. The minimum absolute atomic E-state index is 0.0800. The Morgan fingerprint density at radius 2 is 1.74 bits per heavy atom. The molecule has 0 aliphatic rings. The Kier molecular flexibility index (Phi) is 6.85. The Bertz CT molecular complexity index is 892. The van der Waals surface area contributed by atoms with Gasteiger partial charge in [0.05, 0.1) is 0 Å². The Labute approximate surface area is 161 Å². The molecular formula is C18H20FNO5S2. The molecule has 1 aromatic carbocycles. The first-order chi connectivity index (χ1) is 12.6. The van der Waals surface area contributed by atoms with Crippen molar-refractivity contribution in [3.8, 4) is 0 Å². The zero-order valence-corrected chi connectivity index (χ0v) is 16.6. The third kappa shape index (κ3) is 5.44. The van der Waals surface area contributed by atoms with E-state index >= 15 is 0 Å². The fourth-order valence-electron chi connectivity index (χ4n) is 2.25. The molecular weight excluding hydrogens is 393 g/mol. The number of halogens is 1. The standard InChI is InChI=1S/C18H20FNO5S2/c1-11(2)16(20-27(23,24)15-5-4-10-26-15)18(22)25-12(3)17(21)13-6-8-14(19)9-7-13/h4-12,16,20H,1-3H3/t12-,16-/m0/s1. The van der Waals surface area contributed by atoms with Crippen LogP contribution in [0, 0.1) is 11.7 Å². The summed E-state index contributed by atoms with van der Waals surface area (Å²) < 4.78 is 45.3. The predicted octanol–water partition coefficient (Wildman–Crippen LogP) is 3.00. The van der Waals surface area contributed by atoms with Crippen molar-refractivity contribution < 1.29 is 27.1 Å². The number of carbonyl (C=O) groups is 2. The second-order valence-corrected chi connectivity index (χ2v) is 9.11. The van der Waals surface area contributed by atoms with Gasteiger partial charge in [-0.1, -0.05) is 19.9 Å². The Balaban J connectivity index is 2.10. The number of hydrogen-bond donors (Lipinski definition) is 1. The van der Waals surface area contributed by atoms with Crippen LogP contribution in [-0.4, -0.2) is 32.3 Å². The van der Waals surface area contributed by atoms with E-state index in [4.69, 9.17) is 4.74 Å². The summed E-state index contributed by atoms with van der Waals surface area (Å²) in [5.74, 6) is -2.25. The number of rotatable bonds is 8. The maximum Gasteiger partial charge on any atom is 0.325 e. The largest absolute Gasteiger partial charge is 0.453 e. The first-order valence-electron chi connectivity index (χ1n) is 8.18. The number of ketones is 1. The number of benzene rings is 1. The molecule has 0 saturated heterocycles. The van der Waals surface area contributed by atoms with E-state index in [1.54, 1.807) is 25.3 Å². The van der Waals surface area contributed by atoms with Crippen molar-refractivity contribution in [2.45, 2.75) is 37.1 Å². The third-order valence-electron chi connectivity index (χ3n) is 3.75. The number of carbonyl (C=O) groups excluding carboxylic acids is 2. The van der Waals surface area contributed by atoms with Crippen molar-refractivity contribution in [3.63, 3.8) is 0 Å². The molecule has 0 saturated carbocycles. The van der Waals surface area contributed by atoms with Crippen molar-refractivity contribution in [1.82, 2.24) is 4.72 Å². The fourth-order valence-corrected chi connectivity index (χ4v) is 4.59. The molecule has 0 fully saturated rings. The summed E-state index contributed by atoms with van der Waals surface area (Å²) in [5.41, 5.74) is 0.192.